The minimum atomic E-state index is -1.04. The molecule has 5 heteroatoms. The van der Waals surface area contributed by atoms with Gasteiger partial charge in [0.05, 0.1) is 6.61 Å². The molecule has 4 bridgehead atoms. The molecule has 1 aliphatic heterocycles. The molecule has 0 amide bonds. The standard InChI is InChI=1S/C25H36O5/c1-14(2)22-18(12-30-21-6-4-5-9-29-21)17-11-24(13-26)19-8-7-15(3)16(19)10-20(17)25(22,24)23(27)28/h13-17,19-21H,4-12H2,1-3H3,(H,27,28)/t15-,16-,17-,19-,20-,21?,24+,25-/m1/s1. The summed E-state index contributed by atoms with van der Waals surface area (Å²) in [6.45, 7) is 7.68. The van der Waals surface area contributed by atoms with Crippen molar-refractivity contribution in [2.75, 3.05) is 13.2 Å². The van der Waals surface area contributed by atoms with Crippen molar-refractivity contribution in [1.29, 1.82) is 0 Å². The fourth-order valence-corrected chi connectivity index (χ4v) is 8.70. The highest BCUT2D eigenvalue weighted by atomic mass is 16.7. The number of hydrogen-bond donors (Lipinski definition) is 1. The van der Waals surface area contributed by atoms with E-state index in [1.165, 1.54) is 5.57 Å². The van der Waals surface area contributed by atoms with Gasteiger partial charge in [0.2, 0.25) is 0 Å². The Kier molecular flexibility index (Phi) is 4.94. The van der Waals surface area contributed by atoms with Crippen LogP contribution in [0, 0.1) is 46.3 Å². The summed E-state index contributed by atoms with van der Waals surface area (Å²) in [6.07, 6.45) is 7.75. The molecule has 0 aromatic rings. The van der Waals surface area contributed by atoms with Gasteiger partial charge in [-0.15, -0.1) is 0 Å². The van der Waals surface area contributed by atoms with Gasteiger partial charge < -0.3 is 19.4 Å². The molecule has 0 radical (unpaired) electrons. The lowest BCUT2D eigenvalue weighted by atomic mass is 9.47. The third kappa shape index (κ3) is 2.42. The zero-order valence-corrected chi connectivity index (χ0v) is 18.6. The lowest BCUT2D eigenvalue weighted by Crippen LogP contribution is -2.58. The quantitative estimate of drug-likeness (QED) is 0.511. The summed E-state index contributed by atoms with van der Waals surface area (Å²) in [4.78, 5) is 26.0. The molecule has 5 nitrogen and oxygen atoms in total. The molecule has 1 unspecified atom stereocenters. The van der Waals surface area contributed by atoms with Crippen LogP contribution in [0.1, 0.15) is 65.7 Å². The van der Waals surface area contributed by atoms with Gasteiger partial charge >= 0.3 is 5.97 Å². The van der Waals surface area contributed by atoms with Gasteiger partial charge in [-0.2, -0.15) is 0 Å². The van der Waals surface area contributed by atoms with Gasteiger partial charge in [0.25, 0.3) is 0 Å². The van der Waals surface area contributed by atoms with E-state index in [-0.39, 0.29) is 30.0 Å². The van der Waals surface area contributed by atoms with E-state index in [2.05, 4.69) is 20.8 Å². The van der Waals surface area contributed by atoms with Crippen LogP contribution in [0.25, 0.3) is 0 Å². The van der Waals surface area contributed by atoms with Crippen molar-refractivity contribution in [3.63, 3.8) is 0 Å². The van der Waals surface area contributed by atoms with E-state index in [1.54, 1.807) is 0 Å². The lowest BCUT2D eigenvalue weighted by molar-refractivity contribution is -0.169. The maximum absolute atomic E-state index is 13.1. The molecule has 1 heterocycles. The number of aldehydes is 1. The Balaban J connectivity index is 1.58. The highest BCUT2D eigenvalue weighted by Gasteiger charge is 2.79. The van der Waals surface area contributed by atoms with Crippen LogP contribution < -0.4 is 0 Å². The Bertz CT molecular complexity index is 766. The molecule has 30 heavy (non-hydrogen) atoms. The fourth-order valence-electron chi connectivity index (χ4n) is 8.70. The molecule has 4 fully saturated rings. The van der Waals surface area contributed by atoms with Crippen molar-refractivity contribution in [1.82, 2.24) is 0 Å². The molecule has 0 spiro atoms. The van der Waals surface area contributed by atoms with E-state index in [1.807, 2.05) is 0 Å². The average molecular weight is 417 g/mol. The Labute approximate surface area is 179 Å². The molecule has 3 saturated carbocycles. The number of fused-ring (bicyclic) bond motifs is 2. The average Bonchev–Trinajstić information content (AvgIpc) is 3.30. The minimum absolute atomic E-state index is 0.0327. The second-order valence-electron chi connectivity index (χ2n) is 10.9. The molecule has 0 aromatic carbocycles. The fraction of sp³-hybridized carbons (Fsp3) is 0.840. The third-order valence-corrected chi connectivity index (χ3v) is 9.61. The van der Waals surface area contributed by atoms with Crippen LogP contribution in [0.5, 0.6) is 0 Å². The summed E-state index contributed by atoms with van der Waals surface area (Å²) in [5, 5.41) is 10.8. The first kappa shape index (κ1) is 20.7. The zero-order chi connectivity index (χ0) is 21.3. The Hall–Kier alpha value is -1.20. The van der Waals surface area contributed by atoms with E-state index in [4.69, 9.17) is 9.47 Å². The Morgan fingerprint density at radius 3 is 2.70 bits per heavy atom. The van der Waals surface area contributed by atoms with Crippen molar-refractivity contribution in [2.24, 2.45) is 46.3 Å². The molecule has 1 saturated heterocycles. The van der Waals surface area contributed by atoms with E-state index in [9.17, 15) is 14.7 Å². The van der Waals surface area contributed by atoms with Crippen molar-refractivity contribution in [3.8, 4) is 0 Å². The molecular weight excluding hydrogens is 380 g/mol. The highest BCUT2D eigenvalue weighted by Crippen LogP contribution is 2.79. The zero-order valence-electron chi connectivity index (χ0n) is 18.6. The number of carbonyl (C=O) groups excluding carboxylic acids is 1. The van der Waals surface area contributed by atoms with Crippen LogP contribution in [-0.4, -0.2) is 36.9 Å². The van der Waals surface area contributed by atoms with Gasteiger partial charge in [-0.25, -0.2) is 0 Å². The second kappa shape index (κ2) is 7.16. The number of rotatable bonds is 6. The Morgan fingerprint density at radius 2 is 2.07 bits per heavy atom. The van der Waals surface area contributed by atoms with E-state index in [0.29, 0.717) is 24.9 Å². The molecule has 1 N–H and O–H groups in total. The Morgan fingerprint density at radius 1 is 1.27 bits per heavy atom. The molecular formula is C25H36O5. The summed E-state index contributed by atoms with van der Waals surface area (Å²) in [5.74, 6) is 0.782. The van der Waals surface area contributed by atoms with Crippen LogP contribution in [0.4, 0.5) is 0 Å². The van der Waals surface area contributed by atoms with Gasteiger partial charge in [-0.3, -0.25) is 4.79 Å². The van der Waals surface area contributed by atoms with E-state index in [0.717, 1.165) is 57.0 Å². The summed E-state index contributed by atoms with van der Waals surface area (Å²) >= 11 is 0. The molecule has 166 valence electrons. The van der Waals surface area contributed by atoms with Crippen LogP contribution in [0.3, 0.4) is 0 Å². The van der Waals surface area contributed by atoms with Crippen LogP contribution >= 0.6 is 0 Å². The second-order valence-corrected chi connectivity index (χ2v) is 10.9. The molecule has 5 rings (SSSR count). The first-order chi connectivity index (χ1) is 14.4. The topological polar surface area (TPSA) is 72.8 Å². The monoisotopic (exact) mass is 416 g/mol. The SMILES string of the molecule is CC(C)C1=C(COC2CCCCO2)[C@H]2C[C@]3(C=O)[C@@H]4CC[C@@H](C)[C@H]4C[C@H]2[C@]13C(=O)O. The van der Waals surface area contributed by atoms with Crippen molar-refractivity contribution in [2.45, 2.75) is 72.0 Å². The molecule has 5 aliphatic rings. The van der Waals surface area contributed by atoms with E-state index >= 15 is 0 Å². The predicted octanol–water partition coefficient (Wildman–Crippen LogP) is 4.45. The highest BCUT2D eigenvalue weighted by molar-refractivity contribution is 5.90. The number of ether oxygens (including phenoxy) is 2. The molecule has 8 atom stereocenters. The summed E-state index contributed by atoms with van der Waals surface area (Å²) in [6, 6.07) is 0. The van der Waals surface area contributed by atoms with Crippen molar-refractivity contribution < 1.29 is 24.2 Å². The van der Waals surface area contributed by atoms with Gasteiger partial charge in [-0.05, 0) is 85.2 Å². The van der Waals surface area contributed by atoms with Gasteiger partial charge in [0.1, 0.15) is 11.7 Å². The maximum Gasteiger partial charge on any atom is 0.315 e. The van der Waals surface area contributed by atoms with Crippen LogP contribution in [-0.2, 0) is 19.1 Å². The summed E-state index contributed by atoms with van der Waals surface area (Å²) in [5.41, 5.74) is 0.408. The summed E-state index contributed by atoms with van der Waals surface area (Å²) < 4.78 is 12.0. The van der Waals surface area contributed by atoms with Gasteiger partial charge in [0, 0.05) is 12.0 Å². The third-order valence-electron chi connectivity index (χ3n) is 9.61. The normalized spacial score (nSPS) is 47.1. The van der Waals surface area contributed by atoms with Gasteiger partial charge in [-0.1, -0.05) is 27.2 Å². The first-order valence-corrected chi connectivity index (χ1v) is 12.0. The minimum Gasteiger partial charge on any atom is -0.481 e. The largest absolute Gasteiger partial charge is 0.481 e. The van der Waals surface area contributed by atoms with Crippen molar-refractivity contribution >= 4 is 12.3 Å². The number of carboxylic acid groups (broad SMARTS) is 1. The number of carbonyl (C=O) groups is 2. The van der Waals surface area contributed by atoms with E-state index < -0.39 is 16.8 Å². The summed E-state index contributed by atoms with van der Waals surface area (Å²) in [7, 11) is 0. The van der Waals surface area contributed by atoms with Crippen LogP contribution in [0.2, 0.25) is 0 Å². The first-order valence-electron chi connectivity index (χ1n) is 12.0. The van der Waals surface area contributed by atoms with Crippen LogP contribution in [0.15, 0.2) is 11.1 Å². The molecule has 0 aromatic heterocycles. The number of aliphatic carboxylic acids is 1. The number of hydrogen-bond acceptors (Lipinski definition) is 4. The lowest BCUT2D eigenvalue weighted by Gasteiger charge is -2.54. The number of carboxylic acids is 1. The smallest absolute Gasteiger partial charge is 0.315 e. The maximum atomic E-state index is 13.1. The predicted molar refractivity (Wildman–Crippen MR) is 112 cm³/mol. The van der Waals surface area contributed by atoms with Crippen molar-refractivity contribution in [3.05, 3.63) is 11.1 Å². The molecule has 4 aliphatic carbocycles. The van der Waals surface area contributed by atoms with Gasteiger partial charge in [0.15, 0.2) is 6.29 Å².